The van der Waals surface area contributed by atoms with E-state index < -0.39 is 0 Å². The van der Waals surface area contributed by atoms with Crippen LogP contribution in [0.15, 0.2) is 50.7 Å². The Balaban J connectivity index is 1.63. The number of rotatable bonds is 5. The Hall–Kier alpha value is -1.70. The van der Waals surface area contributed by atoms with Crippen molar-refractivity contribution >= 4 is 54.2 Å². The molecule has 3 aromatic rings. The molecule has 0 aliphatic heterocycles. The molecule has 7 heteroatoms. The van der Waals surface area contributed by atoms with E-state index in [1.807, 2.05) is 17.5 Å². The molecule has 1 aromatic heterocycles. The molecule has 3 rings (SSSR count). The van der Waals surface area contributed by atoms with E-state index in [0.717, 1.165) is 25.8 Å². The number of halogens is 2. The smallest absolute Gasteiger partial charge is 0.264 e. The summed E-state index contributed by atoms with van der Waals surface area (Å²) in [6.07, 6.45) is 0. The minimum atomic E-state index is -0.248. The number of aryl methyl sites for hydroxylation is 2. The van der Waals surface area contributed by atoms with Crippen LogP contribution in [-0.2, 0) is 4.79 Å². The van der Waals surface area contributed by atoms with Gasteiger partial charge in [-0.25, -0.2) is 4.98 Å². The first kappa shape index (κ1) is 19.1. The van der Waals surface area contributed by atoms with Crippen LogP contribution in [0.3, 0.4) is 0 Å². The van der Waals surface area contributed by atoms with E-state index in [4.69, 9.17) is 4.74 Å². The van der Waals surface area contributed by atoms with Gasteiger partial charge in [0.1, 0.15) is 5.75 Å². The molecule has 0 saturated carbocycles. The highest BCUT2D eigenvalue weighted by Crippen LogP contribution is 2.29. The molecular formula is C19H16Br2N2O2S. The average molecular weight is 496 g/mol. The van der Waals surface area contributed by atoms with Gasteiger partial charge in [-0.2, -0.15) is 0 Å². The quantitative estimate of drug-likeness (QED) is 0.474. The minimum Gasteiger partial charge on any atom is -0.483 e. The summed E-state index contributed by atoms with van der Waals surface area (Å²) in [4.78, 5) is 16.7. The number of amides is 1. The summed E-state index contributed by atoms with van der Waals surface area (Å²) in [5, 5.41) is 5.29. The summed E-state index contributed by atoms with van der Waals surface area (Å²) in [5.41, 5.74) is 4.28. The molecule has 0 bridgehead atoms. The summed E-state index contributed by atoms with van der Waals surface area (Å²) in [5.74, 6) is 0.361. The van der Waals surface area contributed by atoms with Crippen molar-refractivity contribution in [1.29, 1.82) is 0 Å². The predicted molar refractivity (Wildman–Crippen MR) is 113 cm³/mol. The van der Waals surface area contributed by atoms with Gasteiger partial charge in [0.2, 0.25) is 0 Å². The van der Waals surface area contributed by atoms with Gasteiger partial charge in [0, 0.05) is 15.4 Å². The summed E-state index contributed by atoms with van der Waals surface area (Å²) in [6.45, 7) is 4.02. The first-order valence-electron chi connectivity index (χ1n) is 7.83. The van der Waals surface area contributed by atoms with Crippen LogP contribution in [0.4, 0.5) is 5.13 Å². The maximum Gasteiger partial charge on any atom is 0.264 e. The number of carbonyl (C=O) groups is 1. The Kier molecular flexibility index (Phi) is 6.11. The summed E-state index contributed by atoms with van der Waals surface area (Å²) >= 11 is 8.19. The van der Waals surface area contributed by atoms with Crippen molar-refractivity contribution in [2.75, 3.05) is 11.9 Å². The van der Waals surface area contributed by atoms with E-state index in [0.29, 0.717) is 10.9 Å². The number of nitrogens with one attached hydrogen (secondary N) is 1. The molecule has 0 saturated heterocycles. The monoisotopic (exact) mass is 494 g/mol. The highest BCUT2D eigenvalue weighted by molar-refractivity contribution is 9.11. The fourth-order valence-corrected chi connectivity index (χ4v) is 4.25. The zero-order valence-corrected chi connectivity index (χ0v) is 18.2. The van der Waals surface area contributed by atoms with Crippen LogP contribution in [0.25, 0.3) is 11.3 Å². The van der Waals surface area contributed by atoms with E-state index in [1.54, 1.807) is 6.07 Å². The van der Waals surface area contributed by atoms with Crippen LogP contribution in [0.2, 0.25) is 0 Å². The number of ether oxygens (including phenoxy) is 1. The molecule has 1 amide bonds. The highest BCUT2D eigenvalue weighted by atomic mass is 79.9. The number of hydrogen-bond acceptors (Lipinski definition) is 4. The second-order valence-corrected chi connectivity index (χ2v) is 8.40. The lowest BCUT2D eigenvalue weighted by Crippen LogP contribution is -2.20. The van der Waals surface area contributed by atoms with E-state index >= 15 is 0 Å². The van der Waals surface area contributed by atoms with Gasteiger partial charge in [-0.3, -0.25) is 10.1 Å². The van der Waals surface area contributed by atoms with Crippen LogP contribution in [0, 0.1) is 13.8 Å². The van der Waals surface area contributed by atoms with Gasteiger partial charge in [-0.1, -0.05) is 33.6 Å². The SMILES string of the molecule is Cc1ccc(C)c(-c2csc(NC(=O)COc3ccc(Br)cc3Br)n2)c1. The van der Waals surface area contributed by atoms with Gasteiger partial charge >= 0.3 is 0 Å². The van der Waals surface area contributed by atoms with Crippen LogP contribution >= 0.6 is 43.2 Å². The lowest BCUT2D eigenvalue weighted by Gasteiger charge is -2.08. The Morgan fingerprint density at radius 1 is 1.19 bits per heavy atom. The molecular weight excluding hydrogens is 480 g/mol. The Morgan fingerprint density at radius 3 is 2.77 bits per heavy atom. The van der Waals surface area contributed by atoms with Gasteiger partial charge in [-0.15, -0.1) is 11.3 Å². The maximum atomic E-state index is 12.1. The van der Waals surface area contributed by atoms with E-state index in [2.05, 4.69) is 74.2 Å². The van der Waals surface area contributed by atoms with Crippen molar-refractivity contribution in [1.82, 2.24) is 4.98 Å². The third kappa shape index (κ3) is 4.72. The fraction of sp³-hybridized carbons (Fsp3) is 0.158. The molecule has 2 aromatic carbocycles. The normalized spacial score (nSPS) is 10.6. The van der Waals surface area contributed by atoms with Gasteiger partial charge < -0.3 is 4.74 Å². The minimum absolute atomic E-state index is 0.0847. The van der Waals surface area contributed by atoms with Crippen molar-refractivity contribution in [3.63, 3.8) is 0 Å². The number of thiazole rings is 1. The largest absolute Gasteiger partial charge is 0.483 e. The third-order valence-electron chi connectivity index (χ3n) is 3.67. The van der Waals surface area contributed by atoms with E-state index in [1.165, 1.54) is 16.9 Å². The summed E-state index contributed by atoms with van der Waals surface area (Å²) < 4.78 is 7.27. The molecule has 0 unspecified atom stereocenters. The molecule has 0 atom stereocenters. The molecule has 0 radical (unpaired) electrons. The van der Waals surface area contributed by atoms with Crippen LogP contribution in [-0.4, -0.2) is 17.5 Å². The summed E-state index contributed by atoms with van der Waals surface area (Å²) in [6, 6.07) is 11.8. The molecule has 4 nitrogen and oxygen atoms in total. The number of benzene rings is 2. The molecule has 1 heterocycles. The maximum absolute atomic E-state index is 12.1. The van der Waals surface area contributed by atoms with E-state index in [-0.39, 0.29) is 12.5 Å². The lowest BCUT2D eigenvalue weighted by molar-refractivity contribution is -0.118. The Labute approximate surface area is 172 Å². The van der Waals surface area contributed by atoms with Crippen molar-refractivity contribution in [2.24, 2.45) is 0 Å². The van der Waals surface area contributed by atoms with Crippen molar-refractivity contribution in [2.45, 2.75) is 13.8 Å². The van der Waals surface area contributed by atoms with Crippen LogP contribution in [0.1, 0.15) is 11.1 Å². The molecule has 0 spiro atoms. The first-order chi connectivity index (χ1) is 12.4. The van der Waals surface area contributed by atoms with Gasteiger partial charge in [-0.05, 0) is 59.6 Å². The molecule has 26 heavy (non-hydrogen) atoms. The van der Waals surface area contributed by atoms with Crippen molar-refractivity contribution < 1.29 is 9.53 Å². The van der Waals surface area contributed by atoms with E-state index in [9.17, 15) is 4.79 Å². The first-order valence-corrected chi connectivity index (χ1v) is 10.3. The van der Waals surface area contributed by atoms with Crippen molar-refractivity contribution in [3.05, 3.63) is 61.9 Å². The van der Waals surface area contributed by atoms with Crippen molar-refractivity contribution in [3.8, 4) is 17.0 Å². The second-order valence-electron chi connectivity index (χ2n) is 5.77. The standard InChI is InChI=1S/C19H16Br2N2O2S/c1-11-3-4-12(2)14(7-11)16-10-26-19(22-16)23-18(24)9-25-17-6-5-13(20)8-15(17)21/h3-8,10H,9H2,1-2H3,(H,22,23,24). The number of hydrogen-bond donors (Lipinski definition) is 1. The zero-order chi connectivity index (χ0) is 18.7. The van der Waals surface area contributed by atoms with Crippen LogP contribution < -0.4 is 10.1 Å². The van der Waals surface area contributed by atoms with Gasteiger partial charge in [0.25, 0.3) is 5.91 Å². The second kappa shape index (κ2) is 8.33. The zero-order valence-electron chi connectivity index (χ0n) is 14.2. The molecule has 1 N–H and O–H groups in total. The number of anilines is 1. The lowest BCUT2D eigenvalue weighted by atomic mass is 10.0. The molecule has 134 valence electrons. The predicted octanol–water partition coefficient (Wildman–Crippen LogP) is 5.97. The molecule has 0 aliphatic rings. The number of carbonyl (C=O) groups excluding carboxylic acids is 1. The highest BCUT2D eigenvalue weighted by Gasteiger charge is 2.11. The Bertz CT molecular complexity index is 956. The topological polar surface area (TPSA) is 51.2 Å². The van der Waals surface area contributed by atoms with Gasteiger partial charge in [0.05, 0.1) is 10.2 Å². The van der Waals surface area contributed by atoms with Crippen LogP contribution in [0.5, 0.6) is 5.75 Å². The number of aromatic nitrogens is 1. The third-order valence-corrected chi connectivity index (χ3v) is 5.54. The Morgan fingerprint density at radius 2 is 2.00 bits per heavy atom. The van der Waals surface area contributed by atoms with Gasteiger partial charge in [0.15, 0.2) is 11.7 Å². The molecule has 0 fully saturated rings. The molecule has 0 aliphatic carbocycles. The number of nitrogens with zero attached hydrogens (tertiary/aromatic N) is 1. The average Bonchev–Trinajstić information content (AvgIpc) is 3.04. The fourth-order valence-electron chi connectivity index (χ4n) is 2.36. The summed E-state index contributed by atoms with van der Waals surface area (Å²) in [7, 11) is 0.